The van der Waals surface area contributed by atoms with Gasteiger partial charge in [0.25, 0.3) is 0 Å². The molecule has 0 bridgehead atoms. The first-order valence-electron chi connectivity index (χ1n) is 1.79. The SMILES string of the molecule is [CH3][Sb+]([CH3])([CH3])[CH3].[I-]. The minimum atomic E-state index is -1.10. The maximum Gasteiger partial charge on any atom is -1.00 e. The van der Waals surface area contributed by atoms with Gasteiger partial charge in [-0.1, -0.05) is 0 Å². The molecule has 0 N–H and O–H groups in total. The fourth-order valence-electron chi connectivity index (χ4n) is 0. The molecular formula is C4H12ISb. The fourth-order valence-corrected chi connectivity index (χ4v) is 0. The summed E-state index contributed by atoms with van der Waals surface area (Å²) in [7, 11) is 0. The monoisotopic (exact) mass is 308 g/mol. The van der Waals surface area contributed by atoms with Gasteiger partial charge in [0.05, 0.1) is 0 Å². The van der Waals surface area contributed by atoms with Crippen molar-refractivity contribution >= 4 is 18.8 Å². The minimum absolute atomic E-state index is 0. The van der Waals surface area contributed by atoms with Crippen LogP contribution < -0.4 is 24.0 Å². The molecule has 0 radical (unpaired) electrons. The second kappa shape index (κ2) is 3.54. The van der Waals surface area contributed by atoms with E-state index in [2.05, 4.69) is 19.5 Å². The minimum Gasteiger partial charge on any atom is -1.00 e. The summed E-state index contributed by atoms with van der Waals surface area (Å²) < 4.78 is 0. The zero-order valence-electron chi connectivity index (χ0n) is 4.83. The van der Waals surface area contributed by atoms with E-state index >= 15 is 0 Å². The van der Waals surface area contributed by atoms with Crippen LogP contribution in [0.4, 0.5) is 0 Å². The number of hydrogen-bond donors (Lipinski definition) is 0. The summed E-state index contributed by atoms with van der Waals surface area (Å²) in [4.78, 5) is 9.55. The molecule has 2 heteroatoms. The van der Waals surface area contributed by atoms with Crippen LogP contribution in [-0.2, 0) is 0 Å². The molecule has 6 heavy (non-hydrogen) atoms. The maximum atomic E-state index is 2.39. The van der Waals surface area contributed by atoms with Crippen LogP contribution in [0.1, 0.15) is 0 Å². The summed E-state index contributed by atoms with van der Waals surface area (Å²) in [5.74, 6) is 0. The van der Waals surface area contributed by atoms with Gasteiger partial charge in [-0.2, -0.15) is 0 Å². The van der Waals surface area contributed by atoms with Gasteiger partial charge in [0.2, 0.25) is 0 Å². The average molecular weight is 309 g/mol. The van der Waals surface area contributed by atoms with Gasteiger partial charge >= 0.3 is 38.3 Å². The van der Waals surface area contributed by atoms with Crippen molar-refractivity contribution in [2.45, 2.75) is 19.5 Å². The van der Waals surface area contributed by atoms with Crippen molar-refractivity contribution in [2.24, 2.45) is 0 Å². The molecule has 0 atom stereocenters. The molecule has 0 heterocycles. The van der Waals surface area contributed by atoms with E-state index in [1.54, 1.807) is 0 Å². The zero-order chi connectivity index (χ0) is 4.50. The third-order valence-corrected chi connectivity index (χ3v) is 0. The Morgan fingerprint density at radius 3 is 0.833 bits per heavy atom. The number of rotatable bonds is 0. The average Bonchev–Trinajstić information content (AvgIpc) is 0.722. The predicted molar refractivity (Wildman–Crippen MR) is 29.2 cm³/mol. The second-order valence-electron chi connectivity index (χ2n) is 2.68. The van der Waals surface area contributed by atoms with Gasteiger partial charge < -0.3 is 24.0 Å². The van der Waals surface area contributed by atoms with E-state index in [4.69, 9.17) is 0 Å². The standard InChI is InChI=1S/4CH3.HI.Sb/h4*1H3;1H;/q;;;;;+1/p-1. The van der Waals surface area contributed by atoms with Crippen molar-refractivity contribution in [3.8, 4) is 0 Å². The Kier molecular flexibility index (Phi) is 6.20. The van der Waals surface area contributed by atoms with Gasteiger partial charge in [-0.15, -0.1) is 0 Å². The predicted octanol–water partition coefficient (Wildman–Crippen LogP) is -1.04. The van der Waals surface area contributed by atoms with E-state index in [1.807, 2.05) is 0 Å². The van der Waals surface area contributed by atoms with Crippen molar-refractivity contribution in [2.75, 3.05) is 0 Å². The fraction of sp³-hybridized carbons (Fsp3) is 1.00. The van der Waals surface area contributed by atoms with Crippen molar-refractivity contribution in [3.05, 3.63) is 0 Å². The first-order chi connectivity index (χ1) is 2.00. The Morgan fingerprint density at radius 2 is 0.833 bits per heavy atom. The number of hydrogen-bond acceptors (Lipinski definition) is 0. The zero-order valence-corrected chi connectivity index (χ0v) is 9.54. The van der Waals surface area contributed by atoms with Crippen LogP contribution in [-0.4, -0.2) is 18.8 Å². The Morgan fingerprint density at radius 1 is 0.833 bits per heavy atom. The Labute approximate surface area is 61.7 Å². The van der Waals surface area contributed by atoms with Crippen LogP contribution in [0.25, 0.3) is 0 Å². The molecule has 0 rings (SSSR count). The Bertz CT molecular complexity index is 23.0. The Balaban J connectivity index is 0. The molecule has 0 unspecified atom stereocenters. The summed E-state index contributed by atoms with van der Waals surface area (Å²) in [5.41, 5.74) is 0. The molecule has 0 aliphatic rings. The van der Waals surface area contributed by atoms with E-state index < -0.39 is 18.8 Å². The molecule has 0 aromatic rings. The molecular weight excluding hydrogens is 297 g/mol. The van der Waals surface area contributed by atoms with E-state index in [1.165, 1.54) is 0 Å². The van der Waals surface area contributed by atoms with Crippen molar-refractivity contribution in [1.82, 2.24) is 0 Å². The largest absolute Gasteiger partial charge is 1.00 e. The van der Waals surface area contributed by atoms with E-state index in [0.717, 1.165) is 0 Å². The summed E-state index contributed by atoms with van der Waals surface area (Å²) in [6.45, 7) is 0. The maximum absolute atomic E-state index is 2.39. The third kappa shape index (κ3) is 47.9. The van der Waals surface area contributed by atoms with Crippen LogP contribution in [0, 0.1) is 0 Å². The molecule has 0 aromatic heterocycles. The molecule has 40 valence electrons. The molecule has 0 aliphatic heterocycles. The molecule has 0 fully saturated rings. The first kappa shape index (κ1) is 10.5. The van der Waals surface area contributed by atoms with Crippen LogP contribution in [0.15, 0.2) is 0 Å². The summed E-state index contributed by atoms with van der Waals surface area (Å²) in [5, 5.41) is 0. The normalized spacial score (nSPS) is 10.0. The van der Waals surface area contributed by atoms with Crippen LogP contribution in [0.3, 0.4) is 0 Å². The summed E-state index contributed by atoms with van der Waals surface area (Å²) in [6.07, 6.45) is 0. The molecule has 0 aromatic carbocycles. The van der Waals surface area contributed by atoms with Gasteiger partial charge in [-0.25, -0.2) is 0 Å². The molecule has 0 amide bonds. The summed E-state index contributed by atoms with van der Waals surface area (Å²) in [6, 6.07) is 0. The van der Waals surface area contributed by atoms with Crippen LogP contribution in [0.2, 0.25) is 19.5 Å². The van der Waals surface area contributed by atoms with Gasteiger partial charge in [0.1, 0.15) is 0 Å². The van der Waals surface area contributed by atoms with E-state index in [9.17, 15) is 0 Å². The Hall–Kier alpha value is 1.55. The first-order valence-corrected chi connectivity index (χ1v) is 12.0. The number of halogens is 1. The smallest absolute Gasteiger partial charge is 1.00 e. The van der Waals surface area contributed by atoms with E-state index in [0.29, 0.717) is 0 Å². The van der Waals surface area contributed by atoms with Gasteiger partial charge in [0, 0.05) is 0 Å². The van der Waals surface area contributed by atoms with Crippen LogP contribution >= 0.6 is 0 Å². The van der Waals surface area contributed by atoms with Gasteiger partial charge in [0.15, 0.2) is 0 Å². The van der Waals surface area contributed by atoms with E-state index in [-0.39, 0.29) is 24.0 Å². The van der Waals surface area contributed by atoms with Crippen molar-refractivity contribution in [1.29, 1.82) is 0 Å². The van der Waals surface area contributed by atoms with Crippen molar-refractivity contribution < 1.29 is 24.0 Å². The van der Waals surface area contributed by atoms with Gasteiger partial charge in [-0.3, -0.25) is 0 Å². The second-order valence-corrected chi connectivity index (χ2v) is 18.0. The molecule has 0 aliphatic carbocycles. The molecule has 0 nitrogen and oxygen atoms in total. The molecule has 0 saturated carbocycles. The summed E-state index contributed by atoms with van der Waals surface area (Å²) >= 11 is -1.10. The van der Waals surface area contributed by atoms with Crippen LogP contribution in [0.5, 0.6) is 0 Å². The molecule has 0 saturated heterocycles. The molecule has 0 spiro atoms. The quantitative estimate of drug-likeness (QED) is 0.396. The third-order valence-electron chi connectivity index (χ3n) is 0. The van der Waals surface area contributed by atoms with Gasteiger partial charge in [-0.05, 0) is 0 Å². The topological polar surface area (TPSA) is 0 Å². The van der Waals surface area contributed by atoms with Crippen molar-refractivity contribution in [3.63, 3.8) is 0 Å².